The minimum absolute atomic E-state index is 0. The molecule has 2 aromatic rings. The molecule has 0 aromatic heterocycles. The molecule has 23 heavy (non-hydrogen) atoms. The third kappa shape index (κ3) is 4.20. The van der Waals surface area contributed by atoms with Gasteiger partial charge in [0.2, 0.25) is 0 Å². The highest BCUT2D eigenvalue weighted by molar-refractivity contribution is 7.98. The van der Waals surface area contributed by atoms with Gasteiger partial charge in [0.05, 0.1) is 0 Å². The van der Waals surface area contributed by atoms with Gasteiger partial charge in [-0.15, -0.1) is 24.2 Å². The Labute approximate surface area is 150 Å². The van der Waals surface area contributed by atoms with Crippen molar-refractivity contribution in [2.75, 3.05) is 20.6 Å². The van der Waals surface area contributed by atoms with E-state index >= 15 is 0 Å². The van der Waals surface area contributed by atoms with Gasteiger partial charge in [-0.3, -0.25) is 0 Å². The molecule has 122 valence electrons. The standard InChI is InChI=1S/C20H23NS.ClH/c1-15-10-11-20-19(13-15)18(9-6-12-21(2)3)17-8-5-4-7-16(17)14-22-20;/h4-5,7-11,13H,6,12,14H2,1-3H3;1H/b18-9+;. The second kappa shape index (κ2) is 8.05. The van der Waals surface area contributed by atoms with Crippen molar-refractivity contribution in [3.8, 4) is 0 Å². The Bertz CT molecular complexity index is 707. The molecule has 1 aliphatic heterocycles. The van der Waals surface area contributed by atoms with Gasteiger partial charge in [-0.05, 0) is 55.8 Å². The van der Waals surface area contributed by atoms with Crippen molar-refractivity contribution < 1.29 is 0 Å². The minimum Gasteiger partial charge on any atom is -0.309 e. The summed E-state index contributed by atoms with van der Waals surface area (Å²) in [5.41, 5.74) is 6.97. The van der Waals surface area contributed by atoms with E-state index in [-0.39, 0.29) is 12.4 Å². The van der Waals surface area contributed by atoms with Gasteiger partial charge in [0, 0.05) is 17.2 Å². The molecule has 0 spiro atoms. The molecular formula is C20H24ClNS. The molecule has 0 fully saturated rings. The fraction of sp³-hybridized carbons (Fsp3) is 0.300. The van der Waals surface area contributed by atoms with Gasteiger partial charge >= 0.3 is 0 Å². The maximum atomic E-state index is 2.42. The van der Waals surface area contributed by atoms with Crippen molar-refractivity contribution in [3.05, 3.63) is 70.8 Å². The summed E-state index contributed by atoms with van der Waals surface area (Å²) in [6.45, 7) is 3.26. The third-order valence-electron chi connectivity index (χ3n) is 4.04. The van der Waals surface area contributed by atoms with Crippen LogP contribution < -0.4 is 0 Å². The van der Waals surface area contributed by atoms with Gasteiger partial charge in [0.15, 0.2) is 0 Å². The summed E-state index contributed by atoms with van der Waals surface area (Å²) < 4.78 is 0. The van der Waals surface area contributed by atoms with Crippen molar-refractivity contribution in [1.82, 2.24) is 4.90 Å². The first-order valence-electron chi connectivity index (χ1n) is 7.82. The van der Waals surface area contributed by atoms with Crippen molar-refractivity contribution in [1.29, 1.82) is 0 Å². The van der Waals surface area contributed by atoms with Gasteiger partial charge in [-0.2, -0.15) is 0 Å². The molecule has 0 amide bonds. The van der Waals surface area contributed by atoms with E-state index in [0.29, 0.717) is 0 Å². The predicted molar refractivity (Wildman–Crippen MR) is 105 cm³/mol. The Balaban J connectivity index is 0.00000192. The second-order valence-corrected chi connectivity index (χ2v) is 7.17. The quantitative estimate of drug-likeness (QED) is 0.732. The lowest BCUT2D eigenvalue weighted by atomic mass is 9.93. The van der Waals surface area contributed by atoms with Crippen molar-refractivity contribution >= 4 is 29.7 Å². The number of rotatable bonds is 3. The Morgan fingerprint density at radius 3 is 2.65 bits per heavy atom. The predicted octanol–water partition coefficient (Wildman–Crippen LogP) is 5.41. The minimum atomic E-state index is 0. The number of hydrogen-bond acceptors (Lipinski definition) is 2. The van der Waals surface area contributed by atoms with E-state index in [2.05, 4.69) is 74.5 Å². The number of aryl methyl sites for hydroxylation is 1. The summed E-state index contributed by atoms with van der Waals surface area (Å²) in [7, 11) is 4.26. The van der Waals surface area contributed by atoms with Crippen molar-refractivity contribution in [3.63, 3.8) is 0 Å². The van der Waals surface area contributed by atoms with E-state index in [1.54, 1.807) is 0 Å². The molecule has 1 heterocycles. The van der Waals surface area contributed by atoms with Crippen molar-refractivity contribution in [2.45, 2.75) is 24.0 Å². The summed E-state index contributed by atoms with van der Waals surface area (Å²) in [5, 5.41) is 0. The monoisotopic (exact) mass is 345 g/mol. The molecule has 1 nitrogen and oxygen atoms in total. The molecule has 3 rings (SSSR count). The second-order valence-electron chi connectivity index (χ2n) is 6.16. The number of thioether (sulfide) groups is 1. The van der Waals surface area contributed by atoms with E-state index in [0.717, 1.165) is 18.7 Å². The molecule has 2 aromatic carbocycles. The van der Waals surface area contributed by atoms with E-state index in [1.165, 1.54) is 32.7 Å². The van der Waals surface area contributed by atoms with Crippen LogP contribution in [-0.2, 0) is 5.75 Å². The number of benzene rings is 2. The van der Waals surface area contributed by atoms with Crippen LogP contribution >= 0.6 is 24.2 Å². The highest BCUT2D eigenvalue weighted by atomic mass is 35.5. The molecule has 3 heteroatoms. The molecule has 0 unspecified atom stereocenters. The zero-order valence-electron chi connectivity index (χ0n) is 14.0. The van der Waals surface area contributed by atoms with Crippen LogP contribution in [0, 0.1) is 6.92 Å². The summed E-state index contributed by atoms with van der Waals surface area (Å²) >= 11 is 1.95. The highest BCUT2D eigenvalue weighted by Gasteiger charge is 2.18. The maximum Gasteiger partial charge on any atom is 0.0238 e. The van der Waals surface area contributed by atoms with Gasteiger partial charge in [-0.1, -0.05) is 48.0 Å². The maximum absolute atomic E-state index is 2.42. The lowest BCUT2D eigenvalue weighted by molar-refractivity contribution is 0.417. The highest BCUT2D eigenvalue weighted by Crippen LogP contribution is 2.40. The van der Waals surface area contributed by atoms with Crippen LogP contribution in [0.5, 0.6) is 0 Å². The molecule has 0 saturated carbocycles. The molecule has 0 bridgehead atoms. The first kappa shape index (κ1) is 18.1. The number of halogens is 1. The summed E-state index contributed by atoms with van der Waals surface area (Å²) in [5.74, 6) is 1.05. The number of fused-ring (bicyclic) bond motifs is 2. The first-order chi connectivity index (χ1) is 10.6. The van der Waals surface area contributed by atoms with Crippen LogP contribution in [-0.4, -0.2) is 25.5 Å². The fourth-order valence-electron chi connectivity index (χ4n) is 2.88. The van der Waals surface area contributed by atoms with E-state index in [9.17, 15) is 0 Å². The Kier molecular flexibility index (Phi) is 6.34. The molecule has 0 saturated heterocycles. The first-order valence-corrected chi connectivity index (χ1v) is 8.80. The van der Waals surface area contributed by atoms with Gasteiger partial charge in [-0.25, -0.2) is 0 Å². The summed E-state index contributed by atoms with van der Waals surface area (Å²) in [6.07, 6.45) is 3.50. The smallest absolute Gasteiger partial charge is 0.0238 e. The molecular weight excluding hydrogens is 322 g/mol. The summed E-state index contributed by atoms with van der Waals surface area (Å²) in [6, 6.07) is 15.7. The molecule has 0 atom stereocenters. The topological polar surface area (TPSA) is 3.24 Å². The SMILES string of the molecule is Cc1ccc2c(c1)/C(=C/CCN(C)C)c1ccccc1CS2.Cl. The van der Waals surface area contributed by atoms with E-state index in [1.807, 2.05) is 11.8 Å². The van der Waals surface area contributed by atoms with Crippen LogP contribution in [0.2, 0.25) is 0 Å². The summed E-state index contributed by atoms with van der Waals surface area (Å²) in [4.78, 5) is 3.64. The molecule has 0 radical (unpaired) electrons. The Morgan fingerprint density at radius 1 is 1.09 bits per heavy atom. The number of hydrogen-bond donors (Lipinski definition) is 0. The van der Waals surface area contributed by atoms with Gasteiger partial charge in [0.1, 0.15) is 0 Å². The number of nitrogens with zero attached hydrogens (tertiary/aromatic N) is 1. The lowest BCUT2D eigenvalue weighted by Gasteiger charge is -2.13. The van der Waals surface area contributed by atoms with E-state index in [4.69, 9.17) is 0 Å². The Morgan fingerprint density at radius 2 is 1.87 bits per heavy atom. The Hall–Kier alpha value is -1.22. The molecule has 0 aliphatic carbocycles. The van der Waals surface area contributed by atoms with Crippen LogP contribution in [0.1, 0.15) is 28.7 Å². The third-order valence-corrected chi connectivity index (χ3v) is 5.16. The zero-order chi connectivity index (χ0) is 15.5. The molecule has 1 aliphatic rings. The molecule has 0 N–H and O–H groups in total. The average Bonchev–Trinajstić information content (AvgIpc) is 2.65. The average molecular weight is 346 g/mol. The normalized spacial score (nSPS) is 14.9. The van der Waals surface area contributed by atoms with Crippen LogP contribution in [0.4, 0.5) is 0 Å². The van der Waals surface area contributed by atoms with E-state index < -0.39 is 0 Å². The fourth-order valence-corrected chi connectivity index (χ4v) is 3.93. The van der Waals surface area contributed by atoms with Crippen LogP contribution in [0.3, 0.4) is 0 Å². The zero-order valence-corrected chi connectivity index (χ0v) is 15.6. The largest absolute Gasteiger partial charge is 0.309 e. The van der Waals surface area contributed by atoms with Crippen LogP contribution in [0.15, 0.2) is 53.4 Å². The lowest BCUT2D eigenvalue weighted by Crippen LogP contribution is -2.12. The van der Waals surface area contributed by atoms with Crippen LogP contribution in [0.25, 0.3) is 5.57 Å². The van der Waals surface area contributed by atoms with Gasteiger partial charge < -0.3 is 4.90 Å². The van der Waals surface area contributed by atoms with Gasteiger partial charge in [0.25, 0.3) is 0 Å². The van der Waals surface area contributed by atoms with Crippen molar-refractivity contribution in [2.24, 2.45) is 0 Å².